The van der Waals surface area contributed by atoms with E-state index in [1.165, 1.54) is 0 Å². The molecule has 1 heteroatoms. The second-order valence-corrected chi connectivity index (χ2v) is 2.45. The highest BCUT2D eigenvalue weighted by molar-refractivity contribution is 5.18. The van der Waals surface area contributed by atoms with Gasteiger partial charge < -0.3 is 5.73 Å². The van der Waals surface area contributed by atoms with Crippen molar-refractivity contribution in [1.82, 2.24) is 0 Å². The van der Waals surface area contributed by atoms with Crippen LogP contribution in [-0.4, -0.2) is 0 Å². The van der Waals surface area contributed by atoms with Gasteiger partial charge in [-0.2, -0.15) is 0 Å². The first-order valence-electron chi connectivity index (χ1n) is 3.69. The molecule has 0 aromatic heterocycles. The molecule has 0 aliphatic rings. The molecule has 0 fully saturated rings. The van der Waals surface area contributed by atoms with Gasteiger partial charge in [0.05, 0.1) is 0 Å². The maximum Gasteiger partial charge on any atom is 0.0357 e. The zero-order valence-corrected chi connectivity index (χ0v) is 7.39. The Kier molecular flexibility index (Phi) is 5.02. The van der Waals surface area contributed by atoms with E-state index in [4.69, 9.17) is 5.73 Å². The third kappa shape index (κ3) is 5.29. The van der Waals surface area contributed by atoms with Crippen LogP contribution >= 0.6 is 0 Å². The summed E-state index contributed by atoms with van der Waals surface area (Å²) in [6.45, 7) is 5.86. The molecule has 1 unspecified atom stereocenters. The summed E-state index contributed by atoms with van der Waals surface area (Å²) in [5, 5.41) is 0. The summed E-state index contributed by atoms with van der Waals surface area (Å²) in [6.07, 6.45) is 5.60. The van der Waals surface area contributed by atoms with Crippen molar-refractivity contribution >= 4 is 0 Å². The fourth-order valence-electron chi connectivity index (χ4n) is 0.627. The van der Waals surface area contributed by atoms with E-state index in [1.807, 2.05) is 26.0 Å². The Morgan fingerprint density at radius 1 is 1.55 bits per heavy atom. The van der Waals surface area contributed by atoms with Crippen LogP contribution in [0.1, 0.15) is 20.8 Å². The summed E-state index contributed by atoms with van der Waals surface area (Å²) < 4.78 is 0. The van der Waals surface area contributed by atoms with E-state index < -0.39 is 0 Å². The molecule has 1 nitrogen and oxygen atoms in total. The average molecular weight is 149 g/mol. The summed E-state index contributed by atoms with van der Waals surface area (Å²) in [5.74, 6) is 6.19. The number of allylic oxidation sites excluding steroid dienone is 3. The fraction of sp³-hybridized carbons (Fsp3) is 0.400. The molecular weight excluding hydrogens is 134 g/mol. The molecule has 0 aliphatic heterocycles. The summed E-state index contributed by atoms with van der Waals surface area (Å²) >= 11 is 0. The van der Waals surface area contributed by atoms with Crippen molar-refractivity contribution in [2.75, 3.05) is 0 Å². The molecule has 60 valence electrons. The molecule has 2 N–H and O–H groups in total. The van der Waals surface area contributed by atoms with Crippen LogP contribution < -0.4 is 5.73 Å². The van der Waals surface area contributed by atoms with Gasteiger partial charge in [-0.3, -0.25) is 0 Å². The molecule has 0 saturated carbocycles. The predicted octanol–water partition coefficient (Wildman–Crippen LogP) is 2.06. The Hall–Kier alpha value is -1.16. The zero-order valence-electron chi connectivity index (χ0n) is 7.39. The van der Waals surface area contributed by atoms with E-state index >= 15 is 0 Å². The molecule has 1 atom stereocenters. The van der Waals surface area contributed by atoms with Crippen LogP contribution in [0.15, 0.2) is 23.9 Å². The maximum absolute atomic E-state index is 5.28. The van der Waals surface area contributed by atoms with Crippen LogP contribution in [0.25, 0.3) is 0 Å². The number of hydrogen-bond donors (Lipinski definition) is 1. The zero-order chi connectivity index (χ0) is 8.69. The lowest BCUT2D eigenvalue weighted by atomic mass is 10.1. The minimum absolute atomic E-state index is 0.315. The van der Waals surface area contributed by atoms with Gasteiger partial charge in [0.15, 0.2) is 0 Å². The lowest BCUT2D eigenvalue weighted by Gasteiger charge is -1.93. The summed E-state index contributed by atoms with van der Waals surface area (Å²) in [4.78, 5) is 0. The monoisotopic (exact) mass is 149 g/mol. The molecule has 0 aliphatic carbocycles. The first-order valence-corrected chi connectivity index (χ1v) is 3.69. The molecule has 0 radical (unpaired) electrons. The maximum atomic E-state index is 5.28. The van der Waals surface area contributed by atoms with Crippen molar-refractivity contribution in [2.24, 2.45) is 11.7 Å². The van der Waals surface area contributed by atoms with Crippen LogP contribution in [0.4, 0.5) is 0 Å². The number of rotatable bonds is 2. The first-order chi connectivity index (χ1) is 5.20. The quantitative estimate of drug-likeness (QED) is 0.472. The van der Waals surface area contributed by atoms with Crippen LogP contribution in [0.3, 0.4) is 0 Å². The first kappa shape index (κ1) is 9.84. The van der Waals surface area contributed by atoms with E-state index in [0.717, 1.165) is 5.57 Å². The molecular formula is C10H15N. The minimum Gasteiger partial charge on any atom is -0.404 e. The lowest BCUT2D eigenvalue weighted by Crippen LogP contribution is -1.84. The van der Waals surface area contributed by atoms with Gasteiger partial charge in [-0.25, -0.2) is 0 Å². The summed E-state index contributed by atoms with van der Waals surface area (Å²) in [6, 6.07) is 0. The third-order valence-electron chi connectivity index (χ3n) is 1.28. The second-order valence-electron chi connectivity index (χ2n) is 2.45. The van der Waals surface area contributed by atoms with Gasteiger partial charge in [0.1, 0.15) is 0 Å². The van der Waals surface area contributed by atoms with E-state index in [2.05, 4.69) is 18.8 Å². The highest BCUT2D eigenvalue weighted by Crippen LogP contribution is 1.98. The highest BCUT2D eigenvalue weighted by Gasteiger charge is 1.86. The lowest BCUT2D eigenvalue weighted by molar-refractivity contribution is 0.977. The molecule has 0 aromatic carbocycles. The van der Waals surface area contributed by atoms with Crippen LogP contribution in [-0.2, 0) is 0 Å². The Morgan fingerprint density at radius 3 is 2.64 bits per heavy atom. The van der Waals surface area contributed by atoms with Crippen molar-refractivity contribution in [3.63, 3.8) is 0 Å². The fourth-order valence-corrected chi connectivity index (χ4v) is 0.627. The molecule has 0 heterocycles. The molecule has 0 amide bonds. The van der Waals surface area contributed by atoms with E-state index in [0.29, 0.717) is 5.92 Å². The average Bonchev–Trinajstić information content (AvgIpc) is 2.01. The van der Waals surface area contributed by atoms with Gasteiger partial charge in [-0.15, -0.1) is 5.92 Å². The molecule has 0 saturated heterocycles. The second kappa shape index (κ2) is 5.61. The largest absolute Gasteiger partial charge is 0.404 e. The number of nitrogens with two attached hydrogens (primary N) is 1. The topological polar surface area (TPSA) is 26.0 Å². The molecule has 11 heavy (non-hydrogen) atoms. The number of hydrogen-bond acceptors (Lipinski definition) is 1. The SMILES string of the molecule is CC#CC(C)/C=C\C(C)=C/N. The minimum atomic E-state index is 0.315. The van der Waals surface area contributed by atoms with Gasteiger partial charge in [0.25, 0.3) is 0 Å². The van der Waals surface area contributed by atoms with Crippen molar-refractivity contribution in [2.45, 2.75) is 20.8 Å². The van der Waals surface area contributed by atoms with Crippen LogP contribution in [0, 0.1) is 17.8 Å². The standard InChI is InChI=1S/C10H15N/c1-4-5-9(2)6-7-10(3)8-11/h6-9H,11H2,1-3H3/b7-6-,10-8-. The molecule has 0 aromatic rings. The Morgan fingerprint density at radius 2 is 2.18 bits per heavy atom. The molecule has 0 rings (SSSR count). The molecule has 0 bridgehead atoms. The molecule has 0 spiro atoms. The normalized spacial score (nSPS) is 14.3. The van der Waals surface area contributed by atoms with Gasteiger partial charge >= 0.3 is 0 Å². The summed E-state index contributed by atoms with van der Waals surface area (Å²) in [5.41, 5.74) is 6.35. The van der Waals surface area contributed by atoms with Crippen LogP contribution in [0.2, 0.25) is 0 Å². The Balaban J connectivity index is 3.99. The van der Waals surface area contributed by atoms with Gasteiger partial charge in [0.2, 0.25) is 0 Å². The Bertz CT molecular complexity index is 213. The van der Waals surface area contributed by atoms with Gasteiger partial charge in [-0.1, -0.05) is 18.1 Å². The Labute approximate surface area is 69.0 Å². The third-order valence-corrected chi connectivity index (χ3v) is 1.28. The van der Waals surface area contributed by atoms with Crippen molar-refractivity contribution in [1.29, 1.82) is 0 Å². The van der Waals surface area contributed by atoms with E-state index in [1.54, 1.807) is 6.20 Å². The van der Waals surface area contributed by atoms with Crippen molar-refractivity contribution in [3.05, 3.63) is 23.9 Å². The van der Waals surface area contributed by atoms with E-state index in [-0.39, 0.29) is 0 Å². The van der Waals surface area contributed by atoms with Gasteiger partial charge in [-0.05, 0) is 32.5 Å². The highest BCUT2D eigenvalue weighted by atomic mass is 14.5. The van der Waals surface area contributed by atoms with Crippen LogP contribution in [0.5, 0.6) is 0 Å². The smallest absolute Gasteiger partial charge is 0.0357 e. The van der Waals surface area contributed by atoms with Gasteiger partial charge in [0, 0.05) is 5.92 Å². The van der Waals surface area contributed by atoms with Crippen molar-refractivity contribution < 1.29 is 0 Å². The van der Waals surface area contributed by atoms with E-state index in [9.17, 15) is 0 Å². The van der Waals surface area contributed by atoms with Crippen molar-refractivity contribution in [3.8, 4) is 11.8 Å². The predicted molar refractivity (Wildman–Crippen MR) is 49.7 cm³/mol. The summed E-state index contributed by atoms with van der Waals surface area (Å²) in [7, 11) is 0.